The first-order valence-electron chi connectivity index (χ1n) is 5.52. The van der Waals surface area contributed by atoms with Crippen molar-refractivity contribution in [1.82, 2.24) is 9.97 Å². The number of anilines is 1. The lowest BCUT2D eigenvalue weighted by molar-refractivity contribution is 0.981. The van der Waals surface area contributed by atoms with Crippen LogP contribution in [0, 0.1) is 0 Å². The Morgan fingerprint density at radius 2 is 1.56 bits per heavy atom. The molecule has 1 N–H and O–H groups in total. The first-order valence-corrected chi connectivity index (χ1v) is 7.28. The van der Waals surface area contributed by atoms with Crippen molar-refractivity contribution >= 4 is 28.4 Å². The molecule has 90 valence electrons. The standard InChI is InChI=1S/C13H11N3S2/c1-3-11(17-5-1)13(12-4-2-6-18-12)16-10-7-14-9-15-8-10/h1-9,13,16H. The number of thiophene rings is 2. The fourth-order valence-corrected chi connectivity index (χ4v) is 3.40. The SMILES string of the molecule is c1csc(C(Nc2cncnc2)c2cccs2)c1. The lowest BCUT2D eigenvalue weighted by Gasteiger charge is -2.16. The van der Waals surface area contributed by atoms with Gasteiger partial charge in [0.2, 0.25) is 0 Å². The molecule has 3 aromatic heterocycles. The van der Waals surface area contributed by atoms with E-state index in [9.17, 15) is 0 Å². The quantitative estimate of drug-likeness (QED) is 0.785. The van der Waals surface area contributed by atoms with Crippen molar-refractivity contribution in [3.05, 3.63) is 63.5 Å². The molecule has 0 atom stereocenters. The van der Waals surface area contributed by atoms with E-state index in [2.05, 4.69) is 50.3 Å². The number of nitrogens with zero attached hydrogens (tertiary/aromatic N) is 2. The van der Waals surface area contributed by atoms with Gasteiger partial charge in [0.25, 0.3) is 0 Å². The smallest absolute Gasteiger partial charge is 0.115 e. The Balaban J connectivity index is 1.92. The lowest BCUT2D eigenvalue weighted by atomic mass is 10.2. The second kappa shape index (κ2) is 5.29. The van der Waals surface area contributed by atoms with Crippen molar-refractivity contribution in [2.24, 2.45) is 0 Å². The highest BCUT2D eigenvalue weighted by molar-refractivity contribution is 7.11. The van der Waals surface area contributed by atoms with Gasteiger partial charge in [-0.15, -0.1) is 22.7 Å². The van der Waals surface area contributed by atoms with Gasteiger partial charge in [-0.25, -0.2) is 9.97 Å². The maximum absolute atomic E-state index is 4.03. The molecule has 0 aliphatic rings. The third kappa shape index (κ3) is 2.42. The van der Waals surface area contributed by atoms with Crippen molar-refractivity contribution in [1.29, 1.82) is 0 Å². The number of aromatic nitrogens is 2. The highest BCUT2D eigenvalue weighted by atomic mass is 32.1. The monoisotopic (exact) mass is 273 g/mol. The lowest BCUT2D eigenvalue weighted by Crippen LogP contribution is -2.09. The molecular formula is C13H11N3S2. The molecule has 0 bridgehead atoms. The van der Waals surface area contributed by atoms with Crippen molar-refractivity contribution in [2.45, 2.75) is 6.04 Å². The van der Waals surface area contributed by atoms with E-state index in [-0.39, 0.29) is 6.04 Å². The molecule has 18 heavy (non-hydrogen) atoms. The number of rotatable bonds is 4. The van der Waals surface area contributed by atoms with Crippen LogP contribution in [0.2, 0.25) is 0 Å². The van der Waals surface area contributed by atoms with E-state index in [0.29, 0.717) is 0 Å². The average molecular weight is 273 g/mol. The molecule has 0 radical (unpaired) electrons. The molecule has 0 saturated carbocycles. The summed E-state index contributed by atoms with van der Waals surface area (Å²) >= 11 is 3.50. The fraction of sp³-hybridized carbons (Fsp3) is 0.0769. The molecular weight excluding hydrogens is 262 g/mol. The van der Waals surface area contributed by atoms with E-state index in [4.69, 9.17) is 0 Å². The van der Waals surface area contributed by atoms with E-state index in [1.54, 1.807) is 35.1 Å². The highest BCUT2D eigenvalue weighted by Crippen LogP contribution is 2.31. The van der Waals surface area contributed by atoms with Crippen LogP contribution in [0.5, 0.6) is 0 Å². The molecule has 0 aliphatic carbocycles. The summed E-state index contributed by atoms with van der Waals surface area (Å²) < 4.78 is 0. The molecule has 0 saturated heterocycles. The van der Waals surface area contributed by atoms with Gasteiger partial charge in [-0.3, -0.25) is 0 Å². The van der Waals surface area contributed by atoms with E-state index < -0.39 is 0 Å². The molecule has 0 unspecified atom stereocenters. The van der Waals surface area contributed by atoms with Crippen LogP contribution in [0.3, 0.4) is 0 Å². The number of nitrogens with one attached hydrogen (secondary N) is 1. The molecule has 3 rings (SSSR count). The largest absolute Gasteiger partial charge is 0.370 e. The predicted octanol–water partition coefficient (Wildman–Crippen LogP) is 3.80. The summed E-state index contributed by atoms with van der Waals surface area (Å²) in [4.78, 5) is 10.7. The third-order valence-corrected chi connectivity index (χ3v) is 4.40. The van der Waals surface area contributed by atoms with E-state index >= 15 is 0 Å². The second-order valence-corrected chi connectivity index (χ2v) is 5.69. The number of hydrogen-bond acceptors (Lipinski definition) is 5. The molecule has 0 fully saturated rings. The summed E-state index contributed by atoms with van der Waals surface area (Å²) in [6.07, 6.45) is 5.12. The molecule has 5 heteroatoms. The van der Waals surface area contributed by atoms with Crippen LogP contribution in [0.4, 0.5) is 5.69 Å². The summed E-state index contributed by atoms with van der Waals surface area (Å²) in [5.74, 6) is 0. The van der Waals surface area contributed by atoms with Crippen LogP contribution in [-0.2, 0) is 0 Å². The maximum Gasteiger partial charge on any atom is 0.115 e. The van der Waals surface area contributed by atoms with Gasteiger partial charge >= 0.3 is 0 Å². The molecule has 3 nitrogen and oxygen atoms in total. The van der Waals surface area contributed by atoms with Gasteiger partial charge < -0.3 is 5.32 Å². The first kappa shape index (κ1) is 11.4. The van der Waals surface area contributed by atoms with Crippen molar-refractivity contribution in [3.63, 3.8) is 0 Å². The molecule has 0 amide bonds. The Labute approximate surface area is 113 Å². The van der Waals surface area contributed by atoms with Crippen LogP contribution in [0.25, 0.3) is 0 Å². The normalized spacial score (nSPS) is 10.7. The molecule has 0 aromatic carbocycles. The van der Waals surface area contributed by atoms with E-state index in [0.717, 1.165) is 5.69 Å². The Hall–Kier alpha value is -1.72. The fourth-order valence-electron chi connectivity index (χ4n) is 1.73. The summed E-state index contributed by atoms with van der Waals surface area (Å²) in [7, 11) is 0. The van der Waals surface area contributed by atoms with Crippen LogP contribution in [0.1, 0.15) is 15.8 Å². The second-order valence-electron chi connectivity index (χ2n) is 3.74. The van der Waals surface area contributed by atoms with Crippen LogP contribution in [-0.4, -0.2) is 9.97 Å². The van der Waals surface area contributed by atoms with Gasteiger partial charge in [-0.1, -0.05) is 12.1 Å². The predicted molar refractivity (Wildman–Crippen MR) is 76.1 cm³/mol. The molecule has 3 heterocycles. The minimum Gasteiger partial charge on any atom is -0.370 e. The van der Waals surface area contributed by atoms with Gasteiger partial charge in [-0.2, -0.15) is 0 Å². The van der Waals surface area contributed by atoms with Crippen molar-refractivity contribution in [2.75, 3.05) is 5.32 Å². The van der Waals surface area contributed by atoms with Crippen LogP contribution < -0.4 is 5.32 Å². The number of hydrogen-bond donors (Lipinski definition) is 1. The van der Waals surface area contributed by atoms with Crippen molar-refractivity contribution < 1.29 is 0 Å². The van der Waals surface area contributed by atoms with E-state index in [1.807, 2.05) is 0 Å². The first-order chi connectivity index (χ1) is 8.93. The van der Waals surface area contributed by atoms with Gasteiger partial charge in [0, 0.05) is 9.75 Å². The van der Waals surface area contributed by atoms with Gasteiger partial charge in [0.05, 0.1) is 24.1 Å². The Bertz CT molecular complexity index is 542. The van der Waals surface area contributed by atoms with Crippen LogP contribution >= 0.6 is 22.7 Å². The third-order valence-electron chi connectivity index (χ3n) is 2.53. The Morgan fingerprint density at radius 3 is 2.06 bits per heavy atom. The summed E-state index contributed by atoms with van der Waals surface area (Å²) in [6, 6.07) is 8.61. The highest BCUT2D eigenvalue weighted by Gasteiger charge is 2.16. The zero-order chi connectivity index (χ0) is 12.2. The summed E-state index contributed by atoms with van der Waals surface area (Å²) in [5.41, 5.74) is 0.935. The van der Waals surface area contributed by atoms with Gasteiger partial charge in [0.1, 0.15) is 6.33 Å². The summed E-state index contributed by atoms with van der Waals surface area (Å²) in [6.45, 7) is 0. The molecule has 0 aliphatic heterocycles. The van der Waals surface area contributed by atoms with Gasteiger partial charge in [-0.05, 0) is 22.9 Å². The summed E-state index contributed by atoms with van der Waals surface area (Å²) in [5, 5.41) is 7.67. The zero-order valence-corrected chi connectivity index (χ0v) is 11.1. The minimum atomic E-state index is 0.177. The topological polar surface area (TPSA) is 37.8 Å². The average Bonchev–Trinajstić information content (AvgIpc) is 3.11. The Morgan fingerprint density at radius 1 is 0.944 bits per heavy atom. The van der Waals surface area contributed by atoms with E-state index in [1.165, 1.54) is 16.1 Å². The van der Waals surface area contributed by atoms with Gasteiger partial charge in [0.15, 0.2) is 0 Å². The maximum atomic E-state index is 4.03. The minimum absolute atomic E-state index is 0.177. The molecule has 3 aromatic rings. The zero-order valence-electron chi connectivity index (χ0n) is 9.48. The van der Waals surface area contributed by atoms with Crippen LogP contribution in [0.15, 0.2) is 53.7 Å². The molecule has 0 spiro atoms. The Kier molecular flexibility index (Phi) is 3.34. The van der Waals surface area contributed by atoms with Crippen molar-refractivity contribution in [3.8, 4) is 0 Å².